The van der Waals surface area contributed by atoms with Crippen LogP contribution >= 0.6 is 11.6 Å². The van der Waals surface area contributed by atoms with Gasteiger partial charge in [0.25, 0.3) is 11.7 Å². The first kappa shape index (κ1) is 24.8. The minimum atomic E-state index is -0.737. The van der Waals surface area contributed by atoms with Crippen LogP contribution in [0.4, 0.5) is 0 Å². The van der Waals surface area contributed by atoms with E-state index in [4.69, 9.17) is 21.1 Å². The van der Waals surface area contributed by atoms with Crippen molar-refractivity contribution < 1.29 is 24.2 Å². The first-order valence-electron chi connectivity index (χ1n) is 10.9. The number of halogens is 1. The number of ether oxygens (including phenoxy) is 2. The van der Waals surface area contributed by atoms with Crippen molar-refractivity contribution in [2.24, 2.45) is 0 Å². The number of aliphatic hydroxyl groups excluding tert-OH is 1. The molecule has 176 valence electrons. The Hall–Kier alpha value is -2.83. The number of aliphatic hydroxyl groups is 1. The fourth-order valence-corrected chi connectivity index (χ4v) is 4.12. The second kappa shape index (κ2) is 9.98. The number of likely N-dealkylation sites (tertiary alicyclic amines) is 1. The molecule has 1 atom stereocenters. The molecule has 0 saturated carbocycles. The summed E-state index contributed by atoms with van der Waals surface area (Å²) in [6.07, 6.45) is 0. The monoisotopic (exact) mass is 471 g/mol. The van der Waals surface area contributed by atoms with E-state index in [2.05, 4.69) is 20.8 Å². The third-order valence-electron chi connectivity index (χ3n) is 5.67. The van der Waals surface area contributed by atoms with Gasteiger partial charge in [-0.15, -0.1) is 0 Å². The highest BCUT2D eigenvalue weighted by Gasteiger charge is 2.46. The number of carbonyl (C=O) groups excluding carboxylic acids is 2. The number of ketones is 1. The molecule has 3 rings (SSSR count). The number of nitrogens with zero attached hydrogens (tertiary/aromatic N) is 1. The molecule has 1 amide bonds. The third-order valence-corrected chi connectivity index (χ3v) is 5.97. The summed E-state index contributed by atoms with van der Waals surface area (Å²) in [6, 6.07) is 11.8. The average Bonchev–Trinajstić information content (AvgIpc) is 3.03. The molecule has 1 heterocycles. The zero-order valence-electron chi connectivity index (χ0n) is 19.6. The highest BCUT2D eigenvalue weighted by molar-refractivity contribution is 6.46. The zero-order valence-corrected chi connectivity index (χ0v) is 20.4. The summed E-state index contributed by atoms with van der Waals surface area (Å²) in [6.45, 7) is 9.11. The van der Waals surface area contributed by atoms with E-state index in [1.807, 2.05) is 31.2 Å². The number of benzene rings is 2. The number of amides is 1. The van der Waals surface area contributed by atoms with E-state index in [1.165, 1.54) is 18.1 Å². The molecule has 0 radical (unpaired) electrons. The minimum absolute atomic E-state index is 0.0276. The Morgan fingerprint density at radius 1 is 1.12 bits per heavy atom. The van der Waals surface area contributed by atoms with Gasteiger partial charge in [0.05, 0.1) is 29.9 Å². The average molecular weight is 472 g/mol. The van der Waals surface area contributed by atoms with Gasteiger partial charge in [-0.3, -0.25) is 9.59 Å². The molecule has 0 bridgehead atoms. The fourth-order valence-electron chi connectivity index (χ4n) is 3.89. The van der Waals surface area contributed by atoms with E-state index in [-0.39, 0.29) is 29.9 Å². The predicted octanol–water partition coefficient (Wildman–Crippen LogP) is 5.10. The molecule has 0 spiro atoms. The van der Waals surface area contributed by atoms with E-state index in [0.29, 0.717) is 22.9 Å². The summed E-state index contributed by atoms with van der Waals surface area (Å²) in [5.41, 5.74) is 2.18. The molecule has 1 saturated heterocycles. The molecule has 2 aromatic rings. The summed E-state index contributed by atoms with van der Waals surface area (Å²) >= 11 is 6.30. The van der Waals surface area contributed by atoms with Gasteiger partial charge in [-0.05, 0) is 41.7 Å². The first-order chi connectivity index (χ1) is 15.6. The summed E-state index contributed by atoms with van der Waals surface area (Å²) in [5, 5.41) is 11.5. The lowest BCUT2D eigenvalue weighted by molar-refractivity contribution is -0.140. The highest BCUT2D eigenvalue weighted by Crippen LogP contribution is 2.40. The Balaban J connectivity index is 2.13. The van der Waals surface area contributed by atoms with Crippen molar-refractivity contribution in [3.05, 3.63) is 69.8 Å². The van der Waals surface area contributed by atoms with E-state index in [1.54, 1.807) is 12.1 Å². The van der Waals surface area contributed by atoms with Gasteiger partial charge in [0.1, 0.15) is 11.5 Å². The normalized spacial score (nSPS) is 18.1. The number of rotatable bonds is 7. The number of hydrogen-bond acceptors (Lipinski definition) is 5. The number of carbonyl (C=O) groups is 2. The van der Waals surface area contributed by atoms with Crippen molar-refractivity contribution in [3.63, 3.8) is 0 Å². The van der Waals surface area contributed by atoms with Crippen molar-refractivity contribution in [2.45, 2.75) is 39.2 Å². The Morgan fingerprint density at radius 2 is 1.79 bits per heavy atom. The molecular weight excluding hydrogens is 442 g/mol. The van der Waals surface area contributed by atoms with Crippen LogP contribution in [-0.2, 0) is 19.7 Å². The van der Waals surface area contributed by atoms with E-state index >= 15 is 0 Å². The molecule has 1 N–H and O–H groups in total. The standard InChI is InChI=1S/C26H30ClNO5/c1-6-33-20-12-9-17(15-19(20)27)23(29)21-22(28(13-14-32-5)25(31)24(21)30)16-7-10-18(11-8-16)26(2,3)4/h7-12,15,22,29H,6,13-14H2,1-5H3/t22-/m1/s1. The molecular formula is C26H30ClNO5. The summed E-state index contributed by atoms with van der Waals surface area (Å²) < 4.78 is 10.6. The van der Waals surface area contributed by atoms with Crippen molar-refractivity contribution in [1.82, 2.24) is 4.90 Å². The number of hydrogen-bond donors (Lipinski definition) is 1. The van der Waals surface area contributed by atoms with Gasteiger partial charge in [-0.1, -0.05) is 56.6 Å². The van der Waals surface area contributed by atoms with Crippen molar-refractivity contribution in [1.29, 1.82) is 0 Å². The van der Waals surface area contributed by atoms with Crippen LogP contribution in [-0.4, -0.2) is 48.6 Å². The van der Waals surface area contributed by atoms with Crippen molar-refractivity contribution >= 4 is 29.1 Å². The molecule has 1 fully saturated rings. The number of Topliss-reactive ketones (excluding diaryl/α,β-unsaturated/α-hetero) is 1. The second-order valence-electron chi connectivity index (χ2n) is 8.94. The molecule has 2 aromatic carbocycles. The maximum atomic E-state index is 13.1. The molecule has 7 heteroatoms. The van der Waals surface area contributed by atoms with Crippen LogP contribution < -0.4 is 4.74 Å². The molecule has 0 aromatic heterocycles. The SMILES string of the molecule is CCOc1ccc(C(O)=C2C(=O)C(=O)N(CCOC)[C@@H]2c2ccc(C(C)(C)C)cc2)cc1Cl. The van der Waals surface area contributed by atoms with E-state index in [0.717, 1.165) is 11.1 Å². The Bertz CT molecular complexity index is 1070. The topological polar surface area (TPSA) is 76.1 Å². The lowest BCUT2D eigenvalue weighted by Gasteiger charge is -2.26. The lowest BCUT2D eigenvalue weighted by Crippen LogP contribution is -2.32. The summed E-state index contributed by atoms with van der Waals surface area (Å²) in [4.78, 5) is 27.4. The minimum Gasteiger partial charge on any atom is -0.507 e. The Labute approximate surface area is 199 Å². The molecule has 33 heavy (non-hydrogen) atoms. The van der Waals surface area contributed by atoms with Gasteiger partial charge in [0.15, 0.2) is 0 Å². The smallest absolute Gasteiger partial charge is 0.295 e. The van der Waals surface area contributed by atoms with Gasteiger partial charge in [0, 0.05) is 19.2 Å². The summed E-state index contributed by atoms with van der Waals surface area (Å²) in [7, 11) is 1.53. The van der Waals surface area contributed by atoms with Gasteiger partial charge >= 0.3 is 0 Å². The zero-order chi connectivity index (χ0) is 24.3. The lowest BCUT2D eigenvalue weighted by atomic mass is 9.85. The highest BCUT2D eigenvalue weighted by atomic mass is 35.5. The summed E-state index contributed by atoms with van der Waals surface area (Å²) in [5.74, 6) is -1.21. The maximum Gasteiger partial charge on any atom is 0.295 e. The maximum absolute atomic E-state index is 13.1. The van der Waals surface area contributed by atoms with Crippen LogP contribution in [0.2, 0.25) is 5.02 Å². The molecule has 0 unspecified atom stereocenters. The predicted molar refractivity (Wildman–Crippen MR) is 129 cm³/mol. The molecule has 1 aliphatic heterocycles. The molecule has 0 aliphatic carbocycles. The van der Waals surface area contributed by atoms with Crippen LogP contribution in [0.15, 0.2) is 48.0 Å². The fraction of sp³-hybridized carbons (Fsp3) is 0.385. The first-order valence-corrected chi connectivity index (χ1v) is 11.3. The largest absolute Gasteiger partial charge is 0.507 e. The molecule has 1 aliphatic rings. The quantitative estimate of drug-likeness (QED) is 0.345. The van der Waals surface area contributed by atoms with Gasteiger partial charge in [-0.2, -0.15) is 0 Å². The van der Waals surface area contributed by atoms with Crippen molar-refractivity contribution in [2.75, 3.05) is 26.9 Å². The Kier molecular flexibility index (Phi) is 7.50. The molecule has 6 nitrogen and oxygen atoms in total. The van der Waals surface area contributed by atoms with Crippen LogP contribution in [0.25, 0.3) is 5.76 Å². The second-order valence-corrected chi connectivity index (χ2v) is 9.34. The van der Waals surface area contributed by atoms with Crippen LogP contribution in [0.5, 0.6) is 5.75 Å². The van der Waals surface area contributed by atoms with Gasteiger partial charge in [0.2, 0.25) is 0 Å². The Morgan fingerprint density at radius 3 is 2.33 bits per heavy atom. The number of methoxy groups -OCH3 is 1. The van der Waals surface area contributed by atoms with E-state index < -0.39 is 17.7 Å². The van der Waals surface area contributed by atoms with Crippen LogP contribution in [0, 0.1) is 0 Å². The van der Waals surface area contributed by atoms with E-state index in [9.17, 15) is 14.7 Å². The third kappa shape index (κ3) is 5.07. The van der Waals surface area contributed by atoms with Crippen LogP contribution in [0.1, 0.15) is 50.4 Å². The van der Waals surface area contributed by atoms with Crippen molar-refractivity contribution in [3.8, 4) is 5.75 Å². The van der Waals surface area contributed by atoms with Gasteiger partial charge < -0.3 is 19.5 Å². The van der Waals surface area contributed by atoms with Gasteiger partial charge in [-0.25, -0.2) is 0 Å². The van der Waals surface area contributed by atoms with Crippen LogP contribution in [0.3, 0.4) is 0 Å².